The normalized spacial score (nSPS) is 23.6. The lowest BCUT2D eigenvalue weighted by molar-refractivity contribution is -0.151. The Hall–Kier alpha value is -1.51. The van der Waals surface area contributed by atoms with Crippen molar-refractivity contribution in [3.63, 3.8) is 0 Å². The van der Waals surface area contributed by atoms with Gasteiger partial charge in [0.25, 0.3) is 0 Å². The van der Waals surface area contributed by atoms with Gasteiger partial charge in [0.2, 0.25) is 0 Å². The molecule has 0 bridgehead atoms. The second-order valence-electron chi connectivity index (χ2n) is 4.32. The second kappa shape index (κ2) is 3.26. The first-order chi connectivity index (χ1) is 7.07. The number of aromatic hydroxyl groups is 1. The molecule has 1 N–H and O–H groups in total. The highest BCUT2D eigenvalue weighted by atomic mass is 16.5. The minimum Gasteiger partial charge on any atom is -0.508 e. The Bertz CT molecular complexity index is 411. The lowest BCUT2D eigenvalue weighted by Crippen LogP contribution is -2.29. The Morgan fingerprint density at radius 1 is 1.47 bits per heavy atom. The molecule has 1 unspecified atom stereocenters. The van der Waals surface area contributed by atoms with Crippen molar-refractivity contribution in [3.8, 4) is 5.75 Å². The minimum atomic E-state index is -0.518. The fourth-order valence-corrected chi connectivity index (χ4v) is 2.25. The van der Waals surface area contributed by atoms with Crippen LogP contribution in [-0.4, -0.2) is 18.2 Å². The summed E-state index contributed by atoms with van der Waals surface area (Å²) >= 11 is 0. The van der Waals surface area contributed by atoms with Crippen molar-refractivity contribution < 1.29 is 14.6 Å². The van der Waals surface area contributed by atoms with Crippen molar-refractivity contribution in [1.29, 1.82) is 0 Å². The highest BCUT2D eigenvalue weighted by Gasteiger charge is 2.41. The molecule has 0 heterocycles. The fraction of sp³-hybridized carbons (Fsp3) is 0.417. The number of hydrogen-bond acceptors (Lipinski definition) is 3. The van der Waals surface area contributed by atoms with E-state index in [0.717, 1.165) is 11.1 Å². The Morgan fingerprint density at radius 3 is 2.80 bits per heavy atom. The number of methoxy groups -OCH3 is 1. The zero-order valence-corrected chi connectivity index (χ0v) is 8.91. The van der Waals surface area contributed by atoms with Gasteiger partial charge in [-0.3, -0.25) is 4.79 Å². The van der Waals surface area contributed by atoms with Crippen molar-refractivity contribution in [1.82, 2.24) is 0 Å². The highest BCUT2D eigenvalue weighted by Crippen LogP contribution is 2.41. The first kappa shape index (κ1) is 10.0. The SMILES string of the molecule is COC(=O)C1(C)Cc2cccc(O)c2C1. The molecule has 1 aromatic carbocycles. The number of ether oxygens (including phenoxy) is 1. The van der Waals surface area contributed by atoms with E-state index < -0.39 is 5.41 Å². The molecule has 2 rings (SSSR count). The molecule has 0 aromatic heterocycles. The summed E-state index contributed by atoms with van der Waals surface area (Å²) in [4.78, 5) is 11.6. The molecule has 0 amide bonds. The van der Waals surface area contributed by atoms with Crippen LogP contribution in [0, 0.1) is 5.41 Å². The van der Waals surface area contributed by atoms with Crippen molar-refractivity contribution in [3.05, 3.63) is 29.3 Å². The molecule has 0 spiro atoms. The summed E-state index contributed by atoms with van der Waals surface area (Å²) < 4.78 is 4.79. The largest absolute Gasteiger partial charge is 0.508 e. The number of phenolic OH excluding ortho intramolecular Hbond substituents is 1. The standard InChI is InChI=1S/C12H14O3/c1-12(11(14)15-2)6-8-4-3-5-10(13)9(8)7-12/h3-5,13H,6-7H2,1-2H3. The van der Waals surface area contributed by atoms with E-state index in [1.807, 2.05) is 13.0 Å². The van der Waals surface area contributed by atoms with Crippen molar-refractivity contribution in [2.45, 2.75) is 19.8 Å². The predicted octanol–water partition coefficient (Wildman–Crippen LogP) is 1.67. The van der Waals surface area contributed by atoms with Gasteiger partial charge in [-0.2, -0.15) is 0 Å². The van der Waals surface area contributed by atoms with Crippen LogP contribution >= 0.6 is 0 Å². The van der Waals surface area contributed by atoms with E-state index in [4.69, 9.17) is 4.74 Å². The first-order valence-electron chi connectivity index (χ1n) is 4.95. The van der Waals surface area contributed by atoms with E-state index in [2.05, 4.69) is 0 Å². The van der Waals surface area contributed by atoms with Gasteiger partial charge in [-0.15, -0.1) is 0 Å². The smallest absolute Gasteiger partial charge is 0.312 e. The van der Waals surface area contributed by atoms with E-state index in [9.17, 15) is 9.90 Å². The number of carbonyl (C=O) groups is 1. The molecule has 1 aromatic rings. The van der Waals surface area contributed by atoms with Crippen LogP contribution in [-0.2, 0) is 22.4 Å². The molecule has 3 heteroatoms. The summed E-state index contributed by atoms with van der Waals surface area (Å²) in [6.07, 6.45) is 1.20. The summed E-state index contributed by atoms with van der Waals surface area (Å²) in [5.41, 5.74) is 1.41. The van der Waals surface area contributed by atoms with Crippen LogP contribution in [0.2, 0.25) is 0 Å². The number of fused-ring (bicyclic) bond motifs is 1. The molecule has 0 fully saturated rings. The van der Waals surface area contributed by atoms with E-state index in [-0.39, 0.29) is 11.7 Å². The van der Waals surface area contributed by atoms with Gasteiger partial charge in [0, 0.05) is 0 Å². The number of phenols is 1. The average Bonchev–Trinajstić information content (AvgIpc) is 2.57. The third kappa shape index (κ3) is 1.48. The number of hydrogen-bond donors (Lipinski definition) is 1. The van der Waals surface area contributed by atoms with Crippen LogP contribution in [0.15, 0.2) is 18.2 Å². The highest BCUT2D eigenvalue weighted by molar-refractivity contribution is 5.78. The van der Waals surface area contributed by atoms with Crippen LogP contribution in [0.3, 0.4) is 0 Å². The Kier molecular flexibility index (Phi) is 2.18. The summed E-state index contributed by atoms with van der Waals surface area (Å²) in [7, 11) is 1.40. The topological polar surface area (TPSA) is 46.5 Å². The third-order valence-corrected chi connectivity index (χ3v) is 3.07. The van der Waals surface area contributed by atoms with Crippen LogP contribution < -0.4 is 0 Å². The maximum atomic E-state index is 11.6. The minimum absolute atomic E-state index is 0.210. The van der Waals surface area contributed by atoms with Gasteiger partial charge in [-0.05, 0) is 37.0 Å². The molecule has 0 radical (unpaired) electrons. The number of benzene rings is 1. The van der Waals surface area contributed by atoms with Crippen molar-refractivity contribution in [2.24, 2.45) is 5.41 Å². The summed E-state index contributed by atoms with van der Waals surface area (Å²) in [5.74, 6) is 0.0678. The molecule has 0 saturated heterocycles. The average molecular weight is 206 g/mol. The quantitative estimate of drug-likeness (QED) is 0.711. The summed E-state index contributed by atoms with van der Waals surface area (Å²) in [5, 5.41) is 9.67. The molecule has 1 aliphatic carbocycles. The van der Waals surface area contributed by atoms with Gasteiger partial charge in [0.1, 0.15) is 5.75 Å². The molecular weight excluding hydrogens is 192 g/mol. The number of esters is 1. The maximum absolute atomic E-state index is 11.6. The molecule has 0 saturated carbocycles. The molecule has 15 heavy (non-hydrogen) atoms. The van der Waals surface area contributed by atoms with Gasteiger partial charge in [-0.25, -0.2) is 0 Å². The van der Waals surface area contributed by atoms with E-state index in [1.54, 1.807) is 12.1 Å². The van der Waals surface area contributed by atoms with Gasteiger partial charge < -0.3 is 9.84 Å². The lowest BCUT2D eigenvalue weighted by atomic mass is 9.87. The molecule has 80 valence electrons. The molecule has 0 aliphatic heterocycles. The molecule has 3 nitrogen and oxygen atoms in total. The zero-order valence-electron chi connectivity index (χ0n) is 8.91. The van der Waals surface area contributed by atoms with Gasteiger partial charge in [-0.1, -0.05) is 12.1 Å². The first-order valence-corrected chi connectivity index (χ1v) is 4.95. The predicted molar refractivity (Wildman–Crippen MR) is 55.6 cm³/mol. The van der Waals surface area contributed by atoms with Crippen molar-refractivity contribution >= 4 is 5.97 Å². The van der Waals surface area contributed by atoms with E-state index in [1.165, 1.54) is 7.11 Å². The van der Waals surface area contributed by atoms with E-state index >= 15 is 0 Å². The number of carbonyl (C=O) groups excluding carboxylic acids is 1. The van der Waals surface area contributed by atoms with Crippen LogP contribution in [0.25, 0.3) is 0 Å². The van der Waals surface area contributed by atoms with Gasteiger partial charge in [0.05, 0.1) is 12.5 Å². The fourth-order valence-electron chi connectivity index (χ4n) is 2.25. The lowest BCUT2D eigenvalue weighted by Gasteiger charge is -2.19. The van der Waals surface area contributed by atoms with Gasteiger partial charge in [0.15, 0.2) is 0 Å². The molecule has 1 atom stereocenters. The second-order valence-corrected chi connectivity index (χ2v) is 4.32. The van der Waals surface area contributed by atoms with Crippen LogP contribution in [0.4, 0.5) is 0 Å². The van der Waals surface area contributed by atoms with Gasteiger partial charge >= 0.3 is 5.97 Å². The summed E-state index contributed by atoms with van der Waals surface area (Å²) in [6.45, 7) is 1.87. The third-order valence-electron chi connectivity index (χ3n) is 3.07. The van der Waals surface area contributed by atoms with Crippen molar-refractivity contribution in [2.75, 3.05) is 7.11 Å². The molecule has 1 aliphatic rings. The Morgan fingerprint density at radius 2 is 2.20 bits per heavy atom. The number of rotatable bonds is 1. The monoisotopic (exact) mass is 206 g/mol. The van der Waals surface area contributed by atoms with Crippen LogP contribution in [0.1, 0.15) is 18.1 Å². The Labute approximate surface area is 88.7 Å². The zero-order chi connectivity index (χ0) is 11.1. The van der Waals surface area contributed by atoms with Crippen LogP contribution in [0.5, 0.6) is 5.75 Å². The summed E-state index contributed by atoms with van der Waals surface area (Å²) in [6, 6.07) is 5.41. The molecular formula is C12H14O3. The van der Waals surface area contributed by atoms with E-state index in [0.29, 0.717) is 12.8 Å². The maximum Gasteiger partial charge on any atom is 0.312 e. The Balaban J connectivity index is 2.37.